The average molecular weight is 274 g/mol. The van der Waals surface area contributed by atoms with E-state index in [2.05, 4.69) is 0 Å². The second-order valence-electron chi connectivity index (χ2n) is 4.11. The van der Waals surface area contributed by atoms with Gasteiger partial charge in [-0.05, 0) is 31.2 Å². The van der Waals surface area contributed by atoms with Crippen molar-refractivity contribution in [2.75, 3.05) is 7.11 Å². The molecule has 0 spiro atoms. The maximum atomic E-state index is 12.2. The minimum absolute atomic E-state index is 0.0146. The van der Waals surface area contributed by atoms with Gasteiger partial charge in [0.25, 0.3) is 0 Å². The van der Waals surface area contributed by atoms with Gasteiger partial charge in [0.1, 0.15) is 5.75 Å². The Morgan fingerprint density at radius 2 is 1.47 bits per heavy atom. The van der Waals surface area contributed by atoms with Crippen LogP contribution in [0.1, 0.15) is 21.5 Å². The van der Waals surface area contributed by atoms with E-state index in [1.807, 2.05) is 31.2 Å². The zero-order valence-corrected chi connectivity index (χ0v) is 11.8. The van der Waals surface area contributed by atoms with E-state index in [1.54, 1.807) is 31.4 Å². The number of carbonyl (C=O) groups excluding carboxylic acids is 1. The molecule has 0 radical (unpaired) electrons. The summed E-state index contributed by atoms with van der Waals surface area (Å²) in [7, 11) is 1.55. The van der Waals surface area contributed by atoms with Crippen LogP contribution in [0.25, 0.3) is 0 Å². The van der Waals surface area contributed by atoms with Crippen molar-refractivity contribution in [3.05, 3.63) is 65.2 Å². The van der Waals surface area contributed by atoms with Crippen LogP contribution in [0.5, 0.6) is 5.75 Å². The van der Waals surface area contributed by atoms with Crippen molar-refractivity contribution in [3.63, 3.8) is 0 Å². The van der Waals surface area contributed by atoms with Crippen LogP contribution in [0.4, 0.5) is 0 Å². The van der Waals surface area contributed by atoms with E-state index in [-0.39, 0.29) is 14.8 Å². The van der Waals surface area contributed by atoms with Crippen molar-refractivity contribution in [1.82, 2.24) is 0 Å². The molecular formula is C15H15O3P. The zero-order valence-electron chi connectivity index (χ0n) is 10.8. The lowest BCUT2D eigenvalue weighted by atomic mass is 10.0. The van der Waals surface area contributed by atoms with Crippen LogP contribution in [0, 0.1) is 6.92 Å². The Morgan fingerprint density at radius 1 is 0.947 bits per heavy atom. The molecule has 0 fully saturated rings. The van der Waals surface area contributed by atoms with Crippen molar-refractivity contribution >= 4 is 14.8 Å². The summed E-state index contributed by atoms with van der Waals surface area (Å²) in [5.74, 6) is 0.710. The van der Waals surface area contributed by atoms with Gasteiger partial charge in [0.15, 0.2) is 5.78 Å². The quantitative estimate of drug-likeness (QED) is 0.615. The van der Waals surface area contributed by atoms with Crippen LogP contribution in [0.15, 0.2) is 48.5 Å². The molecule has 0 aromatic heterocycles. The SMILES string of the molecule is COPOc1ccc(C(=O)c2ccc(C)cc2)cc1. The number of hydrogen-bond acceptors (Lipinski definition) is 3. The maximum absolute atomic E-state index is 12.2. The van der Waals surface area contributed by atoms with Crippen molar-refractivity contribution in [2.45, 2.75) is 6.92 Å². The Labute approximate surface area is 114 Å². The number of carbonyl (C=O) groups is 1. The van der Waals surface area contributed by atoms with Gasteiger partial charge in [-0.3, -0.25) is 4.79 Å². The highest BCUT2D eigenvalue weighted by Crippen LogP contribution is 2.22. The van der Waals surface area contributed by atoms with Crippen molar-refractivity contribution in [2.24, 2.45) is 0 Å². The number of rotatable bonds is 5. The molecule has 0 amide bonds. The Hall–Kier alpha value is -1.70. The molecule has 2 aromatic carbocycles. The first kappa shape index (κ1) is 13.7. The molecule has 0 aliphatic heterocycles. The Bertz CT molecular complexity index is 547. The summed E-state index contributed by atoms with van der Waals surface area (Å²) < 4.78 is 10.1. The summed E-state index contributed by atoms with van der Waals surface area (Å²) in [5.41, 5.74) is 2.48. The van der Waals surface area contributed by atoms with E-state index in [4.69, 9.17) is 9.05 Å². The van der Waals surface area contributed by atoms with Crippen molar-refractivity contribution < 1.29 is 13.8 Å². The highest BCUT2D eigenvalue weighted by atomic mass is 31.1. The molecule has 4 heteroatoms. The van der Waals surface area contributed by atoms with Crippen LogP contribution in [0.2, 0.25) is 0 Å². The molecule has 0 heterocycles. The third-order valence-electron chi connectivity index (χ3n) is 2.67. The standard InChI is InChI=1S/C15H15O3P/c1-11-3-5-12(6-4-11)15(16)13-7-9-14(10-8-13)18-19-17-2/h3-10,19H,1-2H3. The highest BCUT2D eigenvalue weighted by Gasteiger charge is 2.08. The van der Waals surface area contributed by atoms with E-state index in [0.717, 1.165) is 5.56 Å². The monoisotopic (exact) mass is 274 g/mol. The Morgan fingerprint density at radius 3 is 2.00 bits per heavy atom. The lowest BCUT2D eigenvalue weighted by Gasteiger charge is -2.05. The lowest BCUT2D eigenvalue weighted by molar-refractivity contribution is 0.103. The fraction of sp³-hybridized carbons (Fsp3) is 0.133. The first-order chi connectivity index (χ1) is 9.20. The minimum Gasteiger partial charge on any atom is -0.450 e. The summed E-state index contributed by atoms with van der Waals surface area (Å²) in [6.45, 7) is 2.00. The van der Waals surface area contributed by atoms with Crippen LogP contribution in [-0.4, -0.2) is 12.9 Å². The zero-order chi connectivity index (χ0) is 13.7. The molecule has 1 unspecified atom stereocenters. The maximum Gasteiger partial charge on any atom is 0.215 e. The van der Waals surface area contributed by atoms with Crippen LogP contribution >= 0.6 is 9.03 Å². The molecule has 0 N–H and O–H groups in total. The Kier molecular flexibility index (Phi) is 4.67. The average Bonchev–Trinajstić information content (AvgIpc) is 2.46. The molecule has 1 atom stereocenters. The fourth-order valence-electron chi connectivity index (χ4n) is 1.64. The van der Waals surface area contributed by atoms with Crippen LogP contribution in [0.3, 0.4) is 0 Å². The summed E-state index contributed by atoms with van der Waals surface area (Å²) in [6.07, 6.45) is 0. The first-order valence-electron chi connectivity index (χ1n) is 5.87. The third kappa shape index (κ3) is 3.63. The van der Waals surface area contributed by atoms with E-state index < -0.39 is 0 Å². The Balaban J connectivity index is 2.13. The van der Waals surface area contributed by atoms with Crippen molar-refractivity contribution in [1.29, 1.82) is 0 Å². The molecule has 98 valence electrons. The molecule has 3 nitrogen and oxygen atoms in total. The molecule has 0 aliphatic carbocycles. The largest absolute Gasteiger partial charge is 0.450 e. The fourth-order valence-corrected chi connectivity index (χ4v) is 1.95. The molecule has 2 rings (SSSR count). The summed E-state index contributed by atoms with van der Waals surface area (Å²) in [6, 6.07) is 14.6. The van der Waals surface area contributed by atoms with Gasteiger partial charge in [-0.15, -0.1) is 0 Å². The molecule has 19 heavy (non-hydrogen) atoms. The minimum atomic E-state index is -0.0300. The van der Waals surface area contributed by atoms with Gasteiger partial charge in [-0.25, -0.2) is 0 Å². The van der Waals surface area contributed by atoms with Gasteiger partial charge in [-0.2, -0.15) is 0 Å². The summed E-state index contributed by atoms with van der Waals surface area (Å²) in [4.78, 5) is 12.2. The van der Waals surface area contributed by atoms with Crippen LogP contribution < -0.4 is 4.52 Å². The van der Waals surface area contributed by atoms with Gasteiger partial charge in [0.05, 0.1) is 0 Å². The van der Waals surface area contributed by atoms with Gasteiger partial charge < -0.3 is 9.05 Å². The van der Waals surface area contributed by atoms with E-state index >= 15 is 0 Å². The molecule has 0 bridgehead atoms. The molecule has 0 aliphatic rings. The predicted molar refractivity (Wildman–Crippen MR) is 77.0 cm³/mol. The number of benzene rings is 2. The normalized spacial score (nSPS) is 10.8. The molecular weight excluding hydrogens is 259 g/mol. The lowest BCUT2D eigenvalue weighted by Crippen LogP contribution is -2.00. The third-order valence-corrected chi connectivity index (χ3v) is 3.16. The van der Waals surface area contributed by atoms with Gasteiger partial charge >= 0.3 is 0 Å². The van der Waals surface area contributed by atoms with Crippen LogP contribution in [-0.2, 0) is 4.52 Å². The highest BCUT2D eigenvalue weighted by molar-refractivity contribution is 7.26. The van der Waals surface area contributed by atoms with E-state index in [9.17, 15) is 4.79 Å². The number of hydrogen-bond donors (Lipinski definition) is 0. The van der Waals surface area contributed by atoms with Crippen molar-refractivity contribution in [3.8, 4) is 5.75 Å². The second kappa shape index (κ2) is 6.46. The number of aryl methyl sites for hydroxylation is 1. The second-order valence-corrected chi connectivity index (χ2v) is 4.89. The van der Waals surface area contributed by atoms with E-state index in [1.165, 1.54) is 0 Å². The molecule has 0 saturated carbocycles. The van der Waals surface area contributed by atoms with Gasteiger partial charge in [-0.1, -0.05) is 29.8 Å². The molecule has 2 aromatic rings. The number of ketones is 1. The topological polar surface area (TPSA) is 35.5 Å². The summed E-state index contributed by atoms with van der Waals surface area (Å²) in [5, 5.41) is 0. The predicted octanol–water partition coefficient (Wildman–Crippen LogP) is 3.76. The molecule has 0 saturated heterocycles. The smallest absolute Gasteiger partial charge is 0.215 e. The van der Waals surface area contributed by atoms with Gasteiger partial charge in [0.2, 0.25) is 9.03 Å². The summed E-state index contributed by atoms with van der Waals surface area (Å²) >= 11 is 0. The first-order valence-corrected chi connectivity index (χ1v) is 6.68. The van der Waals surface area contributed by atoms with Gasteiger partial charge in [0, 0.05) is 18.2 Å². The van der Waals surface area contributed by atoms with E-state index in [0.29, 0.717) is 16.9 Å².